The largest absolute Gasteiger partial charge is 0.493 e. The number of aryl methyl sites for hydroxylation is 2. The molecule has 0 spiro atoms. The fourth-order valence-electron chi connectivity index (χ4n) is 2.91. The molecule has 25 heavy (non-hydrogen) atoms. The van der Waals surface area contributed by atoms with Crippen molar-refractivity contribution in [3.8, 4) is 5.75 Å². The predicted octanol–water partition coefficient (Wildman–Crippen LogP) is 1.41. The van der Waals surface area contributed by atoms with Gasteiger partial charge < -0.3 is 9.64 Å². The van der Waals surface area contributed by atoms with Gasteiger partial charge in [-0.15, -0.1) is 0 Å². The van der Waals surface area contributed by atoms with Gasteiger partial charge in [-0.1, -0.05) is 0 Å². The van der Waals surface area contributed by atoms with Crippen molar-refractivity contribution in [3.05, 3.63) is 52.2 Å². The van der Waals surface area contributed by atoms with E-state index in [1.807, 2.05) is 13.0 Å². The van der Waals surface area contributed by atoms with E-state index in [4.69, 9.17) is 4.74 Å². The molecule has 132 valence electrons. The Morgan fingerprint density at radius 3 is 2.72 bits per heavy atom. The van der Waals surface area contributed by atoms with Crippen molar-refractivity contribution >= 4 is 5.91 Å². The fraction of sp³-hybridized carbons (Fsp3) is 0.444. The van der Waals surface area contributed by atoms with Gasteiger partial charge in [0.15, 0.2) is 0 Å². The zero-order valence-corrected chi connectivity index (χ0v) is 14.5. The third kappa shape index (κ3) is 4.04. The zero-order chi connectivity index (χ0) is 17.8. The van der Waals surface area contributed by atoms with Crippen LogP contribution in [0.3, 0.4) is 0 Å². The maximum Gasteiger partial charge on any atom is 0.274 e. The fourth-order valence-corrected chi connectivity index (χ4v) is 2.91. The number of hydrogen-bond acceptors (Lipinski definition) is 5. The van der Waals surface area contributed by atoms with Gasteiger partial charge in [-0.05, 0) is 37.8 Å². The first-order valence-corrected chi connectivity index (χ1v) is 8.41. The SMILES string of the molecule is Cc1cnccc1OCC1CCN(C(=O)c2ccc(=O)n(C)n2)CC1. The summed E-state index contributed by atoms with van der Waals surface area (Å²) in [5.74, 6) is 1.16. The van der Waals surface area contributed by atoms with Crippen LogP contribution in [0.1, 0.15) is 28.9 Å². The summed E-state index contributed by atoms with van der Waals surface area (Å²) in [5.41, 5.74) is 1.11. The van der Waals surface area contributed by atoms with Crippen molar-refractivity contribution < 1.29 is 9.53 Å². The van der Waals surface area contributed by atoms with Crippen molar-refractivity contribution in [2.75, 3.05) is 19.7 Å². The van der Waals surface area contributed by atoms with Gasteiger partial charge in [0.1, 0.15) is 11.4 Å². The number of aromatic nitrogens is 3. The number of piperidine rings is 1. The standard InChI is InChI=1S/C18H22N4O3/c1-13-11-19-8-5-16(13)25-12-14-6-9-22(10-7-14)18(24)15-3-4-17(23)21(2)20-15/h3-5,8,11,14H,6-7,9-10,12H2,1-2H3. The minimum Gasteiger partial charge on any atom is -0.493 e. The van der Waals surface area contributed by atoms with Crippen molar-refractivity contribution in [2.45, 2.75) is 19.8 Å². The predicted molar refractivity (Wildman–Crippen MR) is 92.6 cm³/mol. The van der Waals surface area contributed by atoms with Gasteiger partial charge in [-0.2, -0.15) is 5.10 Å². The highest BCUT2D eigenvalue weighted by Crippen LogP contribution is 2.21. The van der Waals surface area contributed by atoms with Crippen molar-refractivity contribution in [2.24, 2.45) is 13.0 Å². The first-order valence-electron chi connectivity index (χ1n) is 8.41. The lowest BCUT2D eigenvalue weighted by molar-refractivity contribution is 0.0652. The van der Waals surface area contributed by atoms with Gasteiger partial charge >= 0.3 is 0 Å². The third-order valence-electron chi connectivity index (χ3n) is 4.52. The van der Waals surface area contributed by atoms with E-state index in [0.29, 0.717) is 31.3 Å². The Hall–Kier alpha value is -2.70. The van der Waals surface area contributed by atoms with Crippen molar-refractivity contribution in [1.29, 1.82) is 0 Å². The van der Waals surface area contributed by atoms with Crippen LogP contribution in [-0.2, 0) is 7.05 Å². The van der Waals surface area contributed by atoms with Crippen LogP contribution in [-0.4, -0.2) is 45.3 Å². The molecule has 1 aliphatic rings. The highest BCUT2D eigenvalue weighted by molar-refractivity contribution is 5.92. The van der Waals surface area contributed by atoms with Gasteiger partial charge in [0.05, 0.1) is 6.61 Å². The number of likely N-dealkylation sites (tertiary alicyclic amines) is 1. The molecule has 0 unspecified atom stereocenters. The molecule has 0 aromatic carbocycles. The molecule has 0 radical (unpaired) electrons. The molecule has 1 saturated heterocycles. The number of carbonyl (C=O) groups is 1. The van der Waals surface area contributed by atoms with Crippen LogP contribution < -0.4 is 10.3 Å². The monoisotopic (exact) mass is 342 g/mol. The average Bonchev–Trinajstić information content (AvgIpc) is 2.63. The molecule has 2 aromatic heterocycles. The number of hydrogen-bond donors (Lipinski definition) is 0. The minimum atomic E-state index is -0.223. The molecule has 7 nitrogen and oxygen atoms in total. The number of ether oxygens (including phenoxy) is 1. The van der Waals surface area contributed by atoms with Crippen LogP contribution in [0, 0.1) is 12.8 Å². The summed E-state index contributed by atoms with van der Waals surface area (Å²) in [6.07, 6.45) is 5.30. The Kier molecular flexibility index (Phi) is 5.11. The second-order valence-corrected chi connectivity index (χ2v) is 6.37. The van der Waals surface area contributed by atoms with E-state index in [9.17, 15) is 9.59 Å². The van der Waals surface area contributed by atoms with Gasteiger partial charge in [0.25, 0.3) is 11.5 Å². The lowest BCUT2D eigenvalue weighted by Crippen LogP contribution is -2.40. The Bertz CT molecular complexity index is 810. The molecule has 0 N–H and O–H groups in total. The lowest BCUT2D eigenvalue weighted by atomic mass is 9.97. The summed E-state index contributed by atoms with van der Waals surface area (Å²) in [6.45, 7) is 3.97. The third-order valence-corrected chi connectivity index (χ3v) is 4.52. The highest BCUT2D eigenvalue weighted by Gasteiger charge is 2.25. The molecule has 0 saturated carbocycles. The molecular weight excluding hydrogens is 320 g/mol. The Labute approximate surface area is 146 Å². The summed E-state index contributed by atoms with van der Waals surface area (Å²) >= 11 is 0. The van der Waals surface area contributed by atoms with Crippen LogP contribution >= 0.6 is 0 Å². The van der Waals surface area contributed by atoms with Crippen LogP contribution in [0.25, 0.3) is 0 Å². The summed E-state index contributed by atoms with van der Waals surface area (Å²) in [6, 6.07) is 4.74. The molecule has 2 aromatic rings. The average molecular weight is 342 g/mol. The second-order valence-electron chi connectivity index (χ2n) is 6.37. The van der Waals surface area contributed by atoms with Gasteiger partial charge in [-0.3, -0.25) is 14.6 Å². The second kappa shape index (κ2) is 7.46. The molecular formula is C18H22N4O3. The van der Waals surface area contributed by atoms with E-state index in [0.717, 1.165) is 24.2 Å². The Balaban J connectivity index is 1.53. The molecule has 3 rings (SSSR count). The quantitative estimate of drug-likeness (QED) is 0.840. The molecule has 1 fully saturated rings. The van der Waals surface area contributed by atoms with Gasteiger partial charge in [-0.25, -0.2) is 4.68 Å². The molecule has 0 atom stereocenters. The van der Waals surface area contributed by atoms with E-state index in [2.05, 4.69) is 10.1 Å². The first-order chi connectivity index (χ1) is 12.0. The Morgan fingerprint density at radius 2 is 2.04 bits per heavy atom. The number of nitrogens with zero attached hydrogens (tertiary/aromatic N) is 4. The van der Waals surface area contributed by atoms with Crippen molar-refractivity contribution in [1.82, 2.24) is 19.7 Å². The van der Waals surface area contributed by atoms with Crippen LogP contribution in [0.2, 0.25) is 0 Å². The van der Waals surface area contributed by atoms with Gasteiger partial charge in [0, 0.05) is 44.2 Å². The first kappa shape index (κ1) is 17.1. The summed E-state index contributed by atoms with van der Waals surface area (Å²) in [7, 11) is 1.55. The molecule has 0 aliphatic carbocycles. The highest BCUT2D eigenvalue weighted by atomic mass is 16.5. The molecule has 3 heterocycles. The van der Waals surface area contributed by atoms with Gasteiger partial charge in [0.2, 0.25) is 0 Å². The van der Waals surface area contributed by atoms with E-state index < -0.39 is 0 Å². The lowest BCUT2D eigenvalue weighted by Gasteiger charge is -2.31. The summed E-state index contributed by atoms with van der Waals surface area (Å²) in [4.78, 5) is 29.7. The topological polar surface area (TPSA) is 77.3 Å². The minimum absolute atomic E-state index is 0.125. The maximum atomic E-state index is 12.5. The van der Waals surface area contributed by atoms with E-state index in [1.54, 1.807) is 24.3 Å². The Morgan fingerprint density at radius 1 is 1.28 bits per heavy atom. The number of carbonyl (C=O) groups excluding carboxylic acids is 1. The van der Waals surface area contributed by atoms with E-state index >= 15 is 0 Å². The summed E-state index contributed by atoms with van der Waals surface area (Å²) in [5, 5.41) is 4.03. The molecule has 7 heteroatoms. The zero-order valence-electron chi connectivity index (χ0n) is 14.5. The summed E-state index contributed by atoms with van der Waals surface area (Å²) < 4.78 is 7.08. The number of amides is 1. The molecule has 1 aliphatic heterocycles. The van der Waals surface area contributed by atoms with Crippen molar-refractivity contribution in [3.63, 3.8) is 0 Å². The smallest absolute Gasteiger partial charge is 0.274 e. The van der Waals surface area contributed by atoms with E-state index in [1.165, 1.54) is 16.8 Å². The molecule has 0 bridgehead atoms. The van der Waals surface area contributed by atoms with E-state index in [-0.39, 0.29) is 11.5 Å². The number of rotatable bonds is 4. The maximum absolute atomic E-state index is 12.5. The number of pyridine rings is 1. The van der Waals surface area contributed by atoms with Crippen LogP contribution in [0.4, 0.5) is 0 Å². The van der Waals surface area contributed by atoms with Crippen LogP contribution in [0.15, 0.2) is 35.4 Å². The van der Waals surface area contributed by atoms with Crippen LogP contribution in [0.5, 0.6) is 5.75 Å². The normalized spacial score (nSPS) is 15.2. The molecule has 1 amide bonds.